The molecule has 0 spiro atoms. The molecule has 0 saturated heterocycles. The van der Waals surface area contributed by atoms with Crippen molar-refractivity contribution in [2.24, 2.45) is 0 Å². The monoisotopic (exact) mass is 244 g/mol. The maximum absolute atomic E-state index is 12.0. The van der Waals surface area contributed by atoms with Gasteiger partial charge in [-0.2, -0.15) is 0 Å². The molecule has 0 aromatic heterocycles. The number of hydrogen-bond donors (Lipinski definition) is 0. The molecule has 0 aliphatic carbocycles. The molecule has 0 bridgehead atoms. The van der Waals surface area contributed by atoms with Crippen LogP contribution >= 0.6 is 0 Å². The summed E-state index contributed by atoms with van der Waals surface area (Å²) in [4.78, 5) is 23.2. The first kappa shape index (κ1) is 11.0. The minimum Gasteiger partial charge on any atom is -0.485 e. The SMILES string of the molecule is C[C@]1([C@@H]2CC(=O)c3ccccc3O2)C=CC(=O)O1. The average molecular weight is 244 g/mol. The number of Topliss-reactive ketones (excluding diaryl/α,β-unsaturated/α-hetero) is 1. The largest absolute Gasteiger partial charge is 0.485 e. The normalized spacial score (nSPS) is 29.7. The van der Waals surface area contributed by atoms with Gasteiger partial charge in [-0.05, 0) is 25.1 Å². The van der Waals surface area contributed by atoms with E-state index in [0.29, 0.717) is 11.3 Å². The lowest BCUT2D eigenvalue weighted by atomic mass is 9.90. The molecule has 3 rings (SSSR count). The molecule has 2 aliphatic heterocycles. The van der Waals surface area contributed by atoms with E-state index in [-0.39, 0.29) is 12.2 Å². The van der Waals surface area contributed by atoms with Crippen molar-refractivity contribution in [3.05, 3.63) is 42.0 Å². The number of ether oxygens (including phenoxy) is 2. The average Bonchev–Trinajstić information content (AvgIpc) is 2.71. The Kier molecular flexibility index (Phi) is 2.26. The standard InChI is InChI=1S/C14H12O4/c1-14(7-6-13(16)18-14)12-8-10(15)9-4-2-3-5-11(9)17-12/h2-7,12H,8H2,1H3/t12-,14+/m0/s1. The van der Waals surface area contributed by atoms with Gasteiger partial charge < -0.3 is 9.47 Å². The topological polar surface area (TPSA) is 52.6 Å². The molecule has 4 nitrogen and oxygen atoms in total. The quantitative estimate of drug-likeness (QED) is 0.708. The van der Waals surface area contributed by atoms with Crippen LogP contribution in [0.5, 0.6) is 5.75 Å². The Bertz CT molecular complexity index is 561. The molecule has 0 amide bonds. The zero-order chi connectivity index (χ0) is 12.8. The summed E-state index contributed by atoms with van der Waals surface area (Å²) in [5.74, 6) is 0.170. The van der Waals surface area contributed by atoms with E-state index in [1.54, 1.807) is 31.2 Å². The number of hydrogen-bond acceptors (Lipinski definition) is 4. The highest BCUT2D eigenvalue weighted by atomic mass is 16.6. The van der Waals surface area contributed by atoms with Crippen LogP contribution < -0.4 is 4.74 Å². The number of rotatable bonds is 1. The third-order valence-electron chi connectivity index (χ3n) is 3.34. The number of esters is 1. The molecule has 18 heavy (non-hydrogen) atoms. The van der Waals surface area contributed by atoms with Gasteiger partial charge in [-0.1, -0.05) is 12.1 Å². The number of fused-ring (bicyclic) bond motifs is 1. The predicted octanol–water partition coefficient (Wildman–Crippen LogP) is 1.89. The summed E-state index contributed by atoms with van der Waals surface area (Å²) >= 11 is 0. The zero-order valence-corrected chi connectivity index (χ0v) is 9.88. The lowest BCUT2D eigenvalue weighted by Gasteiger charge is -2.34. The number of cyclic esters (lactones) is 1. The molecule has 0 unspecified atom stereocenters. The van der Waals surface area contributed by atoms with E-state index in [2.05, 4.69) is 0 Å². The predicted molar refractivity (Wildman–Crippen MR) is 63.4 cm³/mol. The number of benzene rings is 1. The maximum Gasteiger partial charge on any atom is 0.331 e. The fraction of sp³-hybridized carbons (Fsp3) is 0.286. The molecule has 0 saturated carbocycles. The van der Waals surface area contributed by atoms with Gasteiger partial charge in [0.2, 0.25) is 0 Å². The van der Waals surface area contributed by atoms with E-state index in [1.807, 2.05) is 6.07 Å². The minimum absolute atomic E-state index is 0.0134. The molecule has 1 aromatic carbocycles. The fourth-order valence-electron chi connectivity index (χ4n) is 2.28. The molecule has 0 fully saturated rings. The van der Waals surface area contributed by atoms with E-state index in [0.717, 1.165) is 0 Å². The Balaban J connectivity index is 1.93. The van der Waals surface area contributed by atoms with Gasteiger partial charge >= 0.3 is 5.97 Å². The zero-order valence-electron chi connectivity index (χ0n) is 9.88. The number of carbonyl (C=O) groups excluding carboxylic acids is 2. The molecule has 2 aliphatic rings. The van der Waals surface area contributed by atoms with Gasteiger partial charge in [-0.25, -0.2) is 4.79 Å². The Morgan fingerprint density at radius 1 is 1.28 bits per heavy atom. The van der Waals surface area contributed by atoms with Crippen LogP contribution in [0.15, 0.2) is 36.4 Å². The van der Waals surface area contributed by atoms with Gasteiger partial charge in [-0.3, -0.25) is 4.79 Å². The Hall–Kier alpha value is -2.10. The molecule has 1 aromatic rings. The first-order valence-electron chi connectivity index (χ1n) is 5.79. The van der Waals surface area contributed by atoms with Crippen LogP contribution in [-0.2, 0) is 9.53 Å². The molecule has 2 heterocycles. The molecule has 2 atom stereocenters. The van der Waals surface area contributed by atoms with E-state index >= 15 is 0 Å². The summed E-state index contributed by atoms with van der Waals surface area (Å²) in [5, 5.41) is 0. The first-order chi connectivity index (χ1) is 8.58. The maximum atomic E-state index is 12.0. The van der Waals surface area contributed by atoms with E-state index < -0.39 is 17.7 Å². The van der Waals surface area contributed by atoms with Crippen molar-refractivity contribution in [1.82, 2.24) is 0 Å². The highest BCUT2D eigenvalue weighted by molar-refractivity contribution is 6.00. The first-order valence-corrected chi connectivity index (χ1v) is 5.79. The highest BCUT2D eigenvalue weighted by Crippen LogP contribution is 2.35. The molecule has 4 heteroatoms. The fourth-order valence-corrected chi connectivity index (χ4v) is 2.28. The van der Waals surface area contributed by atoms with Crippen LogP contribution in [0.25, 0.3) is 0 Å². The Labute approximate surface area is 104 Å². The van der Waals surface area contributed by atoms with Crippen molar-refractivity contribution in [2.45, 2.75) is 25.0 Å². The third-order valence-corrected chi connectivity index (χ3v) is 3.34. The Morgan fingerprint density at radius 3 is 2.78 bits per heavy atom. The van der Waals surface area contributed by atoms with Gasteiger partial charge in [0.15, 0.2) is 11.4 Å². The van der Waals surface area contributed by atoms with Crippen LogP contribution in [-0.4, -0.2) is 23.5 Å². The van der Waals surface area contributed by atoms with Crippen molar-refractivity contribution in [1.29, 1.82) is 0 Å². The summed E-state index contributed by atoms with van der Waals surface area (Å²) < 4.78 is 11.0. The summed E-state index contributed by atoms with van der Waals surface area (Å²) in [6.07, 6.45) is 2.77. The van der Waals surface area contributed by atoms with Crippen molar-refractivity contribution in [3.8, 4) is 5.75 Å². The van der Waals surface area contributed by atoms with Crippen molar-refractivity contribution in [3.63, 3.8) is 0 Å². The smallest absolute Gasteiger partial charge is 0.331 e. The number of ketones is 1. The summed E-state index contributed by atoms with van der Waals surface area (Å²) in [5.41, 5.74) is -0.272. The summed E-state index contributed by atoms with van der Waals surface area (Å²) in [7, 11) is 0. The second-order valence-electron chi connectivity index (χ2n) is 4.67. The Morgan fingerprint density at radius 2 is 2.06 bits per heavy atom. The van der Waals surface area contributed by atoms with Crippen LogP contribution in [0.2, 0.25) is 0 Å². The summed E-state index contributed by atoms with van der Waals surface area (Å²) in [6, 6.07) is 7.11. The van der Waals surface area contributed by atoms with Crippen molar-refractivity contribution < 1.29 is 19.1 Å². The molecule has 92 valence electrons. The highest BCUT2D eigenvalue weighted by Gasteiger charge is 2.44. The number of para-hydroxylation sites is 1. The lowest BCUT2D eigenvalue weighted by molar-refractivity contribution is -0.151. The van der Waals surface area contributed by atoms with Gasteiger partial charge in [0.25, 0.3) is 0 Å². The second kappa shape index (κ2) is 3.70. The van der Waals surface area contributed by atoms with E-state index in [4.69, 9.17) is 9.47 Å². The van der Waals surface area contributed by atoms with Gasteiger partial charge in [0.1, 0.15) is 11.9 Å². The second-order valence-corrected chi connectivity index (χ2v) is 4.67. The van der Waals surface area contributed by atoms with Crippen LogP contribution in [0.4, 0.5) is 0 Å². The van der Waals surface area contributed by atoms with Crippen molar-refractivity contribution >= 4 is 11.8 Å². The van der Waals surface area contributed by atoms with Crippen LogP contribution in [0, 0.1) is 0 Å². The van der Waals surface area contributed by atoms with Crippen LogP contribution in [0.1, 0.15) is 23.7 Å². The summed E-state index contributed by atoms with van der Waals surface area (Å²) in [6.45, 7) is 1.75. The minimum atomic E-state index is -0.861. The molecule has 0 N–H and O–H groups in total. The van der Waals surface area contributed by atoms with Gasteiger partial charge in [0.05, 0.1) is 12.0 Å². The van der Waals surface area contributed by atoms with Crippen molar-refractivity contribution in [2.75, 3.05) is 0 Å². The van der Waals surface area contributed by atoms with Crippen LogP contribution in [0.3, 0.4) is 0 Å². The number of carbonyl (C=O) groups is 2. The third kappa shape index (κ3) is 1.61. The van der Waals surface area contributed by atoms with E-state index in [9.17, 15) is 9.59 Å². The van der Waals surface area contributed by atoms with Gasteiger partial charge in [0, 0.05) is 6.08 Å². The lowest BCUT2D eigenvalue weighted by Crippen LogP contribution is -2.46. The molecular weight excluding hydrogens is 232 g/mol. The molecular formula is C14H12O4. The molecule has 0 radical (unpaired) electrons. The van der Waals surface area contributed by atoms with E-state index in [1.165, 1.54) is 6.08 Å². The van der Waals surface area contributed by atoms with Gasteiger partial charge in [-0.15, -0.1) is 0 Å².